The maximum atomic E-state index is 13.2. The molecule has 33 heavy (non-hydrogen) atoms. The van der Waals surface area contributed by atoms with Gasteiger partial charge in [0.25, 0.3) is 0 Å². The molecule has 2 saturated heterocycles. The summed E-state index contributed by atoms with van der Waals surface area (Å²) in [6, 6.07) is 13.4. The van der Waals surface area contributed by atoms with Gasteiger partial charge >= 0.3 is 0 Å². The first kappa shape index (κ1) is 23.9. The zero-order valence-corrected chi connectivity index (χ0v) is 20.0. The second-order valence-corrected chi connectivity index (χ2v) is 12.3. The molecule has 10 heteroatoms. The molecule has 1 atom stereocenters. The summed E-state index contributed by atoms with van der Waals surface area (Å²) in [5.74, 6) is -0.457. The molecule has 1 N–H and O–H groups in total. The van der Waals surface area contributed by atoms with Gasteiger partial charge in [-0.25, -0.2) is 16.8 Å². The lowest BCUT2D eigenvalue weighted by Crippen LogP contribution is -2.49. The van der Waals surface area contributed by atoms with Crippen molar-refractivity contribution in [2.45, 2.75) is 54.4 Å². The molecule has 0 radical (unpaired) electrons. The molecule has 178 valence electrons. The third kappa shape index (κ3) is 5.13. The van der Waals surface area contributed by atoms with Gasteiger partial charge in [0.05, 0.1) is 9.79 Å². The van der Waals surface area contributed by atoms with Crippen molar-refractivity contribution in [1.29, 1.82) is 0 Å². The van der Waals surface area contributed by atoms with Crippen LogP contribution in [0.3, 0.4) is 0 Å². The summed E-state index contributed by atoms with van der Waals surface area (Å²) in [6.45, 7) is 1.25. The number of anilines is 1. The zero-order valence-electron chi connectivity index (χ0n) is 18.4. The molecule has 0 saturated carbocycles. The van der Waals surface area contributed by atoms with Crippen molar-refractivity contribution in [2.24, 2.45) is 0 Å². The normalized spacial score (nSPS) is 20.9. The molecule has 1 amide bonds. The molecule has 2 aliphatic heterocycles. The van der Waals surface area contributed by atoms with Gasteiger partial charge in [0.1, 0.15) is 6.04 Å². The molecule has 2 aliphatic rings. The van der Waals surface area contributed by atoms with Gasteiger partial charge < -0.3 is 5.32 Å². The van der Waals surface area contributed by atoms with Crippen LogP contribution in [0, 0.1) is 0 Å². The largest absolute Gasteiger partial charge is 0.325 e. The Kier molecular flexibility index (Phi) is 7.18. The number of piperidine rings is 2. The maximum absolute atomic E-state index is 13.2. The lowest BCUT2D eigenvalue weighted by atomic mass is 10.0. The number of hydrogen-bond donors (Lipinski definition) is 1. The quantitative estimate of drug-likeness (QED) is 0.669. The minimum Gasteiger partial charge on any atom is -0.325 e. The Morgan fingerprint density at radius 3 is 2.15 bits per heavy atom. The highest BCUT2D eigenvalue weighted by molar-refractivity contribution is 7.89. The predicted molar refractivity (Wildman–Crippen MR) is 126 cm³/mol. The predicted octanol–water partition coefficient (Wildman–Crippen LogP) is 3.04. The van der Waals surface area contributed by atoms with E-state index in [-0.39, 0.29) is 16.3 Å². The highest BCUT2D eigenvalue weighted by atomic mass is 32.2. The first-order valence-corrected chi connectivity index (χ1v) is 14.2. The lowest BCUT2D eigenvalue weighted by Gasteiger charge is -2.33. The van der Waals surface area contributed by atoms with E-state index in [0.29, 0.717) is 31.6 Å². The van der Waals surface area contributed by atoms with Crippen molar-refractivity contribution in [2.75, 3.05) is 25.0 Å². The van der Waals surface area contributed by atoms with Crippen LogP contribution in [0.4, 0.5) is 5.69 Å². The number of carbonyl (C=O) groups excluding carboxylic acids is 1. The Balaban J connectivity index is 1.54. The molecule has 4 rings (SSSR count). The van der Waals surface area contributed by atoms with E-state index in [9.17, 15) is 21.6 Å². The maximum Gasteiger partial charge on any atom is 0.243 e. The third-order valence-electron chi connectivity index (χ3n) is 6.16. The number of nitrogens with one attached hydrogen (secondary N) is 1. The first-order chi connectivity index (χ1) is 15.8. The van der Waals surface area contributed by atoms with E-state index in [0.717, 1.165) is 25.7 Å². The molecule has 2 heterocycles. The van der Waals surface area contributed by atoms with Crippen LogP contribution in [-0.4, -0.2) is 57.0 Å². The van der Waals surface area contributed by atoms with Gasteiger partial charge in [-0.15, -0.1) is 0 Å². The van der Waals surface area contributed by atoms with Crippen LogP contribution in [0.1, 0.15) is 38.5 Å². The molecule has 8 nitrogen and oxygen atoms in total. The van der Waals surface area contributed by atoms with E-state index in [4.69, 9.17) is 0 Å². The summed E-state index contributed by atoms with van der Waals surface area (Å²) in [7, 11) is -7.46. The number of nitrogens with zero attached hydrogens (tertiary/aromatic N) is 2. The van der Waals surface area contributed by atoms with Crippen LogP contribution in [0.5, 0.6) is 0 Å². The van der Waals surface area contributed by atoms with Crippen LogP contribution in [0.2, 0.25) is 0 Å². The molecule has 0 spiro atoms. The molecular formula is C23H29N3O5S2. The Labute approximate surface area is 195 Å². The van der Waals surface area contributed by atoms with Gasteiger partial charge in [0, 0.05) is 25.3 Å². The number of amides is 1. The molecule has 2 aromatic carbocycles. The molecule has 0 aromatic heterocycles. The monoisotopic (exact) mass is 491 g/mol. The molecule has 1 unspecified atom stereocenters. The van der Waals surface area contributed by atoms with E-state index in [2.05, 4.69) is 5.32 Å². The van der Waals surface area contributed by atoms with E-state index >= 15 is 0 Å². The van der Waals surface area contributed by atoms with E-state index < -0.39 is 32.0 Å². The van der Waals surface area contributed by atoms with Gasteiger partial charge in [0.15, 0.2) is 0 Å². The summed E-state index contributed by atoms with van der Waals surface area (Å²) in [6.07, 6.45) is 4.52. The second kappa shape index (κ2) is 9.92. The van der Waals surface area contributed by atoms with Crippen molar-refractivity contribution in [3.63, 3.8) is 0 Å². The van der Waals surface area contributed by atoms with Gasteiger partial charge in [-0.2, -0.15) is 8.61 Å². The topological polar surface area (TPSA) is 104 Å². The Morgan fingerprint density at radius 1 is 0.758 bits per heavy atom. The number of sulfonamides is 2. The number of hydrogen-bond acceptors (Lipinski definition) is 5. The van der Waals surface area contributed by atoms with Crippen LogP contribution < -0.4 is 5.32 Å². The second-order valence-electron chi connectivity index (χ2n) is 8.42. The van der Waals surface area contributed by atoms with E-state index in [1.165, 1.54) is 32.9 Å². The van der Waals surface area contributed by atoms with Crippen LogP contribution in [0.15, 0.2) is 64.4 Å². The first-order valence-electron chi connectivity index (χ1n) is 11.3. The summed E-state index contributed by atoms with van der Waals surface area (Å²) in [5.41, 5.74) is 0.334. The summed E-state index contributed by atoms with van der Waals surface area (Å²) in [5, 5.41) is 2.75. The summed E-state index contributed by atoms with van der Waals surface area (Å²) >= 11 is 0. The minimum atomic E-state index is -3.82. The van der Waals surface area contributed by atoms with Crippen molar-refractivity contribution in [3.8, 4) is 0 Å². The van der Waals surface area contributed by atoms with Crippen molar-refractivity contribution in [3.05, 3.63) is 54.6 Å². The highest BCUT2D eigenvalue weighted by Gasteiger charge is 2.37. The Morgan fingerprint density at radius 2 is 1.42 bits per heavy atom. The van der Waals surface area contributed by atoms with Gasteiger partial charge in [-0.1, -0.05) is 37.1 Å². The number of benzene rings is 2. The molecule has 0 bridgehead atoms. The zero-order chi connectivity index (χ0) is 23.5. The van der Waals surface area contributed by atoms with Crippen molar-refractivity contribution >= 4 is 31.6 Å². The van der Waals surface area contributed by atoms with Gasteiger partial charge in [0.2, 0.25) is 26.0 Å². The SMILES string of the molecule is O=C(Nc1cccc(S(=O)(=O)N2CCCCC2)c1)C1CCCCN1S(=O)(=O)c1ccccc1. The van der Waals surface area contributed by atoms with E-state index in [1.54, 1.807) is 30.3 Å². The van der Waals surface area contributed by atoms with Gasteiger partial charge in [-0.3, -0.25) is 4.79 Å². The van der Waals surface area contributed by atoms with Crippen LogP contribution >= 0.6 is 0 Å². The number of carbonyl (C=O) groups is 1. The Hall–Kier alpha value is -2.27. The molecule has 0 aliphatic carbocycles. The fourth-order valence-corrected chi connectivity index (χ4v) is 7.64. The van der Waals surface area contributed by atoms with Crippen LogP contribution in [-0.2, 0) is 24.8 Å². The molecule has 2 fully saturated rings. The number of rotatable bonds is 6. The average Bonchev–Trinajstić information content (AvgIpc) is 2.85. The van der Waals surface area contributed by atoms with Crippen LogP contribution in [0.25, 0.3) is 0 Å². The third-order valence-corrected chi connectivity index (χ3v) is 9.98. The molecule has 2 aromatic rings. The van der Waals surface area contributed by atoms with Gasteiger partial charge in [-0.05, 0) is 56.0 Å². The summed E-state index contributed by atoms with van der Waals surface area (Å²) in [4.78, 5) is 13.4. The van der Waals surface area contributed by atoms with Crippen molar-refractivity contribution < 1.29 is 21.6 Å². The minimum absolute atomic E-state index is 0.125. The average molecular weight is 492 g/mol. The lowest BCUT2D eigenvalue weighted by molar-refractivity contribution is -0.120. The smallest absolute Gasteiger partial charge is 0.243 e. The molecular weight excluding hydrogens is 462 g/mol. The Bertz CT molecular complexity index is 1190. The standard InChI is InChI=1S/C23H29N3O5S2/c27-23(22-14-5-8-17-26(22)33(30,31)20-11-3-1-4-12-20)24-19-10-9-13-21(18-19)32(28,29)25-15-6-2-7-16-25/h1,3-4,9-13,18,22H,2,5-8,14-17H2,(H,24,27). The highest BCUT2D eigenvalue weighted by Crippen LogP contribution is 2.27. The summed E-state index contributed by atoms with van der Waals surface area (Å²) < 4.78 is 55.1. The van der Waals surface area contributed by atoms with E-state index in [1.807, 2.05) is 0 Å². The fourth-order valence-electron chi connectivity index (χ4n) is 4.40. The van der Waals surface area contributed by atoms with Crippen molar-refractivity contribution in [1.82, 2.24) is 8.61 Å². The fraction of sp³-hybridized carbons (Fsp3) is 0.435.